The van der Waals surface area contributed by atoms with Gasteiger partial charge in [-0.05, 0) is 6.42 Å². The highest BCUT2D eigenvalue weighted by Crippen LogP contribution is 1.97. The molecule has 13 heavy (non-hydrogen) atoms. The van der Waals surface area contributed by atoms with E-state index in [1.54, 1.807) is 12.3 Å². The van der Waals surface area contributed by atoms with E-state index in [0.29, 0.717) is 18.3 Å². The highest BCUT2D eigenvalue weighted by molar-refractivity contribution is 5.77. The Labute approximate surface area is 77.0 Å². The van der Waals surface area contributed by atoms with Gasteiger partial charge in [-0.2, -0.15) is 0 Å². The maximum Gasteiger partial charge on any atom is 0.189 e. The highest BCUT2D eigenvalue weighted by atomic mass is 16.5. The topological polar surface area (TPSA) is 76.4 Å². The third kappa shape index (κ3) is 3.59. The number of hydrogen-bond donors (Lipinski definition) is 2. The van der Waals surface area contributed by atoms with Crippen LogP contribution in [-0.2, 0) is 6.54 Å². The lowest BCUT2D eigenvalue weighted by Gasteiger charge is -2.01. The third-order valence-corrected chi connectivity index (χ3v) is 1.45. The summed E-state index contributed by atoms with van der Waals surface area (Å²) in [5, 5.41) is 6.52. The first kappa shape index (κ1) is 9.57. The lowest BCUT2D eigenvalue weighted by atomic mass is 10.5. The summed E-state index contributed by atoms with van der Waals surface area (Å²) in [7, 11) is 0. The minimum absolute atomic E-state index is 0.433. The van der Waals surface area contributed by atoms with Gasteiger partial charge in [-0.15, -0.1) is 0 Å². The Kier molecular flexibility index (Phi) is 3.81. The van der Waals surface area contributed by atoms with E-state index in [0.717, 1.165) is 13.0 Å². The molecule has 0 aromatic carbocycles. The molecule has 3 N–H and O–H groups in total. The van der Waals surface area contributed by atoms with E-state index in [1.165, 1.54) is 0 Å². The number of hydrogen-bond acceptors (Lipinski definition) is 3. The number of rotatable bonds is 4. The van der Waals surface area contributed by atoms with E-state index in [1.807, 2.05) is 0 Å². The zero-order valence-corrected chi connectivity index (χ0v) is 7.66. The van der Waals surface area contributed by atoms with Gasteiger partial charge >= 0.3 is 0 Å². The summed E-state index contributed by atoms with van der Waals surface area (Å²) in [6.45, 7) is 3.34. The van der Waals surface area contributed by atoms with Crippen molar-refractivity contribution in [1.82, 2.24) is 10.5 Å². The minimum Gasteiger partial charge on any atom is -0.370 e. The predicted octanol–water partition coefficient (Wildman–Crippen LogP) is 0.489. The van der Waals surface area contributed by atoms with Crippen LogP contribution in [0.4, 0.5) is 0 Å². The summed E-state index contributed by atoms with van der Waals surface area (Å²) >= 11 is 0. The van der Waals surface area contributed by atoms with E-state index < -0.39 is 0 Å². The van der Waals surface area contributed by atoms with Gasteiger partial charge < -0.3 is 15.6 Å². The molecule has 0 amide bonds. The minimum atomic E-state index is 0.433. The largest absolute Gasteiger partial charge is 0.370 e. The molecule has 0 spiro atoms. The second-order valence-corrected chi connectivity index (χ2v) is 2.61. The van der Waals surface area contributed by atoms with Crippen molar-refractivity contribution >= 4 is 5.96 Å². The number of nitrogens with zero attached hydrogens (tertiary/aromatic N) is 2. The van der Waals surface area contributed by atoms with Crippen molar-refractivity contribution in [3.05, 3.63) is 18.0 Å². The average Bonchev–Trinajstić information content (AvgIpc) is 2.64. The summed E-state index contributed by atoms with van der Waals surface area (Å²) < 4.78 is 4.85. The third-order valence-electron chi connectivity index (χ3n) is 1.45. The molecule has 0 bridgehead atoms. The molecule has 1 aromatic rings. The molecule has 0 radical (unpaired) electrons. The molecule has 0 aliphatic carbocycles. The maximum absolute atomic E-state index is 5.55. The summed E-state index contributed by atoms with van der Waals surface area (Å²) in [5.41, 5.74) is 5.55. The molecule has 0 fully saturated rings. The fourth-order valence-electron chi connectivity index (χ4n) is 0.796. The number of nitrogens with two attached hydrogens (primary N) is 1. The quantitative estimate of drug-likeness (QED) is 0.524. The first-order valence-electron chi connectivity index (χ1n) is 4.26. The molecular formula is C8H14N4O. The molecular weight excluding hydrogens is 168 g/mol. The van der Waals surface area contributed by atoms with E-state index >= 15 is 0 Å². The smallest absolute Gasteiger partial charge is 0.189 e. The molecule has 0 saturated carbocycles. The van der Waals surface area contributed by atoms with Crippen LogP contribution >= 0.6 is 0 Å². The first-order chi connectivity index (χ1) is 6.33. The van der Waals surface area contributed by atoms with Gasteiger partial charge in [-0.1, -0.05) is 12.1 Å². The molecule has 1 aromatic heterocycles. The van der Waals surface area contributed by atoms with Crippen molar-refractivity contribution in [2.75, 3.05) is 6.54 Å². The van der Waals surface area contributed by atoms with Crippen molar-refractivity contribution in [2.24, 2.45) is 10.7 Å². The normalized spacial score (nSPS) is 11.6. The number of nitrogens with one attached hydrogen (secondary N) is 1. The van der Waals surface area contributed by atoms with Crippen molar-refractivity contribution in [1.29, 1.82) is 0 Å². The second kappa shape index (κ2) is 5.18. The van der Waals surface area contributed by atoms with E-state index in [2.05, 4.69) is 22.4 Å². The van der Waals surface area contributed by atoms with Crippen molar-refractivity contribution < 1.29 is 4.52 Å². The Morgan fingerprint density at radius 2 is 2.62 bits per heavy atom. The summed E-state index contributed by atoms with van der Waals surface area (Å²) in [4.78, 5) is 4.05. The van der Waals surface area contributed by atoms with Gasteiger partial charge in [0, 0.05) is 12.6 Å². The molecule has 0 aliphatic heterocycles. The van der Waals surface area contributed by atoms with Gasteiger partial charge in [0.05, 0.1) is 6.20 Å². The zero-order chi connectivity index (χ0) is 9.52. The average molecular weight is 182 g/mol. The summed E-state index contributed by atoms with van der Waals surface area (Å²) in [6, 6.07) is 1.76. The predicted molar refractivity (Wildman–Crippen MR) is 50.1 cm³/mol. The van der Waals surface area contributed by atoms with E-state index in [-0.39, 0.29) is 0 Å². The zero-order valence-electron chi connectivity index (χ0n) is 7.66. The molecule has 0 aliphatic rings. The highest BCUT2D eigenvalue weighted by Gasteiger charge is 1.94. The Hall–Kier alpha value is -1.52. The second-order valence-electron chi connectivity index (χ2n) is 2.61. The summed E-state index contributed by atoms with van der Waals surface area (Å²) in [5.74, 6) is 1.15. The van der Waals surface area contributed by atoms with Crippen LogP contribution in [0.5, 0.6) is 0 Å². The number of aromatic nitrogens is 1. The van der Waals surface area contributed by atoms with Crippen LogP contribution in [0.1, 0.15) is 19.1 Å². The van der Waals surface area contributed by atoms with Gasteiger partial charge in [0.2, 0.25) is 0 Å². The molecule has 0 saturated heterocycles. The molecule has 5 heteroatoms. The lowest BCUT2D eigenvalue weighted by molar-refractivity contribution is 0.385. The van der Waals surface area contributed by atoms with E-state index in [4.69, 9.17) is 10.3 Å². The van der Waals surface area contributed by atoms with Crippen LogP contribution in [0.15, 0.2) is 21.8 Å². The molecule has 5 nitrogen and oxygen atoms in total. The van der Waals surface area contributed by atoms with Gasteiger partial charge in [0.25, 0.3) is 0 Å². The van der Waals surface area contributed by atoms with Gasteiger partial charge in [0.15, 0.2) is 11.7 Å². The standard InChI is InChI=1S/C8H14N4O/c1-2-4-10-8(9)11-6-7-3-5-12-13-7/h3,5H,2,4,6H2,1H3,(H3,9,10,11). The van der Waals surface area contributed by atoms with Gasteiger partial charge in [-0.25, -0.2) is 4.99 Å². The molecule has 1 heterocycles. The Bertz CT molecular complexity index is 255. The Morgan fingerprint density at radius 1 is 1.77 bits per heavy atom. The lowest BCUT2D eigenvalue weighted by Crippen LogP contribution is -2.32. The van der Waals surface area contributed by atoms with Gasteiger partial charge in [-0.3, -0.25) is 0 Å². The van der Waals surface area contributed by atoms with Crippen LogP contribution in [-0.4, -0.2) is 17.7 Å². The number of guanidine groups is 1. The summed E-state index contributed by atoms with van der Waals surface area (Å²) in [6.07, 6.45) is 2.61. The van der Waals surface area contributed by atoms with Crippen LogP contribution in [0, 0.1) is 0 Å². The maximum atomic E-state index is 5.55. The molecule has 0 unspecified atom stereocenters. The van der Waals surface area contributed by atoms with E-state index in [9.17, 15) is 0 Å². The van der Waals surface area contributed by atoms with Crippen LogP contribution in [0.25, 0.3) is 0 Å². The van der Waals surface area contributed by atoms with Crippen LogP contribution in [0.2, 0.25) is 0 Å². The molecule has 1 rings (SSSR count). The molecule has 72 valence electrons. The van der Waals surface area contributed by atoms with Crippen molar-refractivity contribution in [3.63, 3.8) is 0 Å². The SMILES string of the molecule is CCCNC(N)=NCc1ccno1. The monoisotopic (exact) mass is 182 g/mol. The number of aliphatic imine (C=N–C) groups is 1. The molecule has 0 atom stereocenters. The fourth-order valence-corrected chi connectivity index (χ4v) is 0.796. The van der Waals surface area contributed by atoms with Crippen LogP contribution < -0.4 is 11.1 Å². The first-order valence-corrected chi connectivity index (χ1v) is 4.26. The Morgan fingerprint density at radius 3 is 3.23 bits per heavy atom. The van der Waals surface area contributed by atoms with Crippen molar-refractivity contribution in [2.45, 2.75) is 19.9 Å². The Balaban J connectivity index is 2.30. The fraction of sp³-hybridized carbons (Fsp3) is 0.500. The van der Waals surface area contributed by atoms with Crippen molar-refractivity contribution in [3.8, 4) is 0 Å². The van der Waals surface area contributed by atoms with Gasteiger partial charge in [0.1, 0.15) is 6.54 Å². The van der Waals surface area contributed by atoms with Crippen LogP contribution in [0.3, 0.4) is 0 Å².